The summed E-state index contributed by atoms with van der Waals surface area (Å²) in [7, 11) is 1.60. The van der Waals surface area contributed by atoms with Crippen molar-refractivity contribution in [2.45, 2.75) is 19.9 Å². The lowest BCUT2D eigenvalue weighted by Gasteiger charge is -2.27. The maximum Gasteiger partial charge on any atom is 0.338 e. The molecule has 0 bridgehead atoms. The lowest BCUT2D eigenvalue weighted by molar-refractivity contribution is -0.139. The summed E-state index contributed by atoms with van der Waals surface area (Å²) in [6.45, 7) is 3.88. The number of nitrogens with zero attached hydrogens (tertiary/aromatic N) is 4. The molecule has 8 heteroatoms. The van der Waals surface area contributed by atoms with Crippen LogP contribution < -0.4 is 10.1 Å². The molecule has 23 heavy (non-hydrogen) atoms. The normalized spacial score (nSPS) is 16.6. The first-order valence-electron chi connectivity index (χ1n) is 7.22. The zero-order chi connectivity index (χ0) is 16.4. The molecule has 0 amide bonds. The Kier molecular flexibility index (Phi) is 3.96. The molecule has 1 atom stereocenters. The van der Waals surface area contributed by atoms with E-state index in [1.54, 1.807) is 25.6 Å². The summed E-state index contributed by atoms with van der Waals surface area (Å²) in [6, 6.07) is 6.98. The van der Waals surface area contributed by atoms with Gasteiger partial charge in [0.15, 0.2) is 0 Å². The molecule has 0 saturated carbocycles. The molecule has 0 saturated heterocycles. The number of hydrogen-bond donors (Lipinski definition) is 1. The minimum absolute atomic E-state index is 0.299. The summed E-state index contributed by atoms with van der Waals surface area (Å²) in [5, 5.41) is 14.7. The number of hydrogen-bond acceptors (Lipinski definition) is 7. The average molecular weight is 315 g/mol. The monoisotopic (exact) mass is 315 g/mol. The average Bonchev–Trinajstić information content (AvgIpc) is 3.01. The number of methoxy groups -OCH3 is 1. The van der Waals surface area contributed by atoms with E-state index in [0.717, 1.165) is 11.3 Å². The number of fused-ring (bicyclic) bond motifs is 1. The van der Waals surface area contributed by atoms with Crippen LogP contribution in [0.2, 0.25) is 0 Å². The Morgan fingerprint density at radius 2 is 2.09 bits per heavy atom. The molecule has 1 aromatic carbocycles. The number of esters is 1. The molecule has 2 aromatic rings. The van der Waals surface area contributed by atoms with Crippen molar-refractivity contribution in [1.29, 1.82) is 0 Å². The lowest BCUT2D eigenvalue weighted by Crippen LogP contribution is -2.29. The van der Waals surface area contributed by atoms with Crippen molar-refractivity contribution in [3.63, 3.8) is 0 Å². The first kappa shape index (κ1) is 15.0. The second-order valence-corrected chi connectivity index (χ2v) is 5.01. The van der Waals surface area contributed by atoms with Crippen LogP contribution in [0.1, 0.15) is 25.5 Å². The van der Waals surface area contributed by atoms with Gasteiger partial charge in [0.1, 0.15) is 11.8 Å². The summed E-state index contributed by atoms with van der Waals surface area (Å²) < 4.78 is 11.9. The van der Waals surface area contributed by atoms with Crippen LogP contribution in [0.4, 0.5) is 5.95 Å². The maximum atomic E-state index is 12.4. The van der Waals surface area contributed by atoms with Gasteiger partial charge in [0.25, 0.3) is 0 Å². The fourth-order valence-corrected chi connectivity index (χ4v) is 2.58. The highest BCUT2D eigenvalue weighted by atomic mass is 16.5. The van der Waals surface area contributed by atoms with E-state index in [2.05, 4.69) is 20.8 Å². The third-order valence-corrected chi connectivity index (χ3v) is 3.64. The van der Waals surface area contributed by atoms with Gasteiger partial charge >= 0.3 is 5.97 Å². The quantitative estimate of drug-likeness (QED) is 0.855. The minimum Gasteiger partial charge on any atom is -0.497 e. The van der Waals surface area contributed by atoms with Crippen LogP contribution in [0.15, 0.2) is 35.5 Å². The maximum absolute atomic E-state index is 12.4. The van der Waals surface area contributed by atoms with Crippen LogP contribution >= 0.6 is 0 Å². The molecule has 0 unspecified atom stereocenters. The Labute approximate surface area is 133 Å². The zero-order valence-corrected chi connectivity index (χ0v) is 13.1. The Hall–Kier alpha value is -2.90. The van der Waals surface area contributed by atoms with Crippen LogP contribution in [0, 0.1) is 0 Å². The second kappa shape index (κ2) is 6.07. The van der Waals surface area contributed by atoms with Crippen molar-refractivity contribution < 1.29 is 14.3 Å². The molecule has 0 fully saturated rings. The number of benzene rings is 1. The molecule has 3 rings (SSSR count). The number of allylic oxidation sites excluding steroid dienone is 1. The molecule has 1 aromatic heterocycles. The first-order valence-corrected chi connectivity index (χ1v) is 7.22. The van der Waals surface area contributed by atoms with E-state index in [4.69, 9.17) is 9.47 Å². The molecule has 2 heterocycles. The highest BCUT2D eigenvalue weighted by Gasteiger charge is 2.34. The minimum atomic E-state index is -0.453. The van der Waals surface area contributed by atoms with Gasteiger partial charge in [0, 0.05) is 5.70 Å². The summed E-state index contributed by atoms with van der Waals surface area (Å²) in [5.41, 5.74) is 2.02. The topological polar surface area (TPSA) is 91.2 Å². The van der Waals surface area contributed by atoms with Gasteiger partial charge in [0.2, 0.25) is 5.95 Å². The number of carbonyl (C=O) groups excluding carboxylic acids is 1. The van der Waals surface area contributed by atoms with Crippen LogP contribution in [-0.2, 0) is 9.53 Å². The predicted octanol–water partition coefficient (Wildman–Crippen LogP) is 1.53. The molecular formula is C15H17N5O3. The van der Waals surface area contributed by atoms with E-state index in [1.165, 1.54) is 0 Å². The number of carbonyl (C=O) groups is 1. The summed E-state index contributed by atoms with van der Waals surface area (Å²) >= 11 is 0. The summed E-state index contributed by atoms with van der Waals surface area (Å²) in [6.07, 6.45) is 0. The zero-order valence-electron chi connectivity index (χ0n) is 13.1. The molecule has 1 aliphatic rings. The van der Waals surface area contributed by atoms with Gasteiger partial charge in [-0.3, -0.25) is 0 Å². The fourth-order valence-electron chi connectivity index (χ4n) is 2.58. The highest BCUT2D eigenvalue weighted by molar-refractivity contribution is 5.92. The third-order valence-electron chi connectivity index (χ3n) is 3.64. The number of aromatic nitrogens is 4. The lowest BCUT2D eigenvalue weighted by atomic mass is 9.96. The second-order valence-electron chi connectivity index (χ2n) is 5.01. The van der Waals surface area contributed by atoms with E-state index in [1.807, 2.05) is 24.3 Å². The number of rotatable bonds is 4. The predicted molar refractivity (Wildman–Crippen MR) is 81.9 cm³/mol. The number of ether oxygens (including phenoxy) is 2. The van der Waals surface area contributed by atoms with Gasteiger partial charge in [-0.2, -0.15) is 4.68 Å². The Morgan fingerprint density at radius 3 is 2.74 bits per heavy atom. The van der Waals surface area contributed by atoms with Crippen molar-refractivity contribution in [2.75, 3.05) is 19.0 Å². The molecule has 1 aliphatic heterocycles. The highest BCUT2D eigenvalue weighted by Crippen LogP contribution is 2.35. The van der Waals surface area contributed by atoms with Crippen LogP contribution in [0.5, 0.6) is 5.75 Å². The molecule has 1 N–H and O–H groups in total. The van der Waals surface area contributed by atoms with E-state index in [0.29, 0.717) is 23.8 Å². The van der Waals surface area contributed by atoms with Crippen LogP contribution in [0.25, 0.3) is 0 Å². The number of nitrogens with one attached hydrogen (secondary N) is 1. The number of tetrazole rings is 1. The van der Waals surface area contributed by atoms with Crippen LogP contribution in [0.3, 0.4) is 0 Å². The van der Waals surface area contributed by atoms with Crippen molar-refractivity contribution in [3.8, 4) is 5.75 Å². The Bertz CT molecular complexity index is 751. The molecule has 120 valence electrons. The van der Waals surface area contributed by atoms with Crippen molar-refractivity contribution >= 4 is 11.9 Å². The van der Waals surface area contributed by atoms with Gasteiger partial charge in [-0.1, -0.05) is 17.2 Å². The van der Waals surface area contributed by atoms with Crippen molar-refractivity contribution in [3.05, 3.63) is 41.1 Å². The Morgan fingerprint density at radius 1 is 1.35 bits per heavy atom. The SMILES string of the molecule is CCOC(=O)C1=C(C)Nc2nnnn2[C@@H]1c1ccc(OC)cc1. The molecule has 0 spiro atoms. The molecule has 0 radical (unpaired) electrons. The van der Waals surface area contributed by atoms with E-state index < -0.39 is 6.04 Å². The van der Waals surface area contributed by atoms with Gasteiger partial charge in [-0.15, -0.1) is 0 Å². The van der Waals surface area contributed by atoms with E-state index in [-0.39, 0.29) is 5.97 Å². The smallest absolute Gasteiger partial charge is 0.338 e. The third kappa shape index (κ3) is 2.63. The summed E-state index contributed by atoms with van der Waals surface area (Å²) in [5.74, 6) is 0.828. The molecule has 0 aliphatic carbocycles. The van der Waals surface area contributed by atoms with Gasteiger partial charge < -0.3 is 14.8 Å². The van der Waals surface area contributed by atoms with Gasteiger partial charge in [-0.05, 0) is 42.0 Å². The summed E-state index contributed by atoms with van der Waals surface area (Å²) in [4.78, 5) is 12.4. The van der Waals surface area contributed by atoms with Crippen molar-refractivity contribution in [2.24, 2.45) is 0 Å². The largest absolute Gasteiger partial charge is 0.497 e. The Balaban J connectivity index is 2.10. The van der Waals surface area contributed by atoms with E-state index >= 15 is 0 Å². The van der Waals surface area contributed by atoms with Gasteiger partial charge in [0.05, 0.1) is 19.3 Å². The van der Waals surface area contributed by atoms with Crippen molar-refractivity contribution in [1.82, 2.24) is 20.2 Å². The molecular weight excluding hydrogens is 298 g/mol. The van der Waals surface area contributed by atoms with Crippen LogP contribution in [-0.4, -0.2) is 39.9 Å². The van der Waals surface area contributed by atoms with Gasteiger partial charge in [-0.25, -0.2) is 4.79 Å². The molecule has 8 nitrogen and oxygen atoms in total. The first-order chi connectivity index (χ1) is 11.2. The fraction of sp³-hybridized carbons (Fsp3) is 0.333. The standard InChI is InChI=1S/C15H17N5O3/c1-4-23-14(21)12-9(2)16-15-17-18-19-20(15)13(12)10-5-7-11(22-3)8-6-10/h5-8,13H,4H2,1-3H3,(H,16,17,19)/t13-/m1/s1. The number of anilines is 1. The van der Waals surface area contributed by atoms with E-state index in [9.17, 15) is 4.79 Å².